The normalized spacial score (nSPS) is 35.4. The molecular formula is C11H18O2. The lowest BCUT2D eigenvalue weighted by Gasteiger charge is -2.22. The quantitative estimate of drug-likeness (QED) is 0.713. The van der Waals surface area contributed by atoms with Gasteiger partial charge in [-0.2, -0.15) is 0 Å². The molecule has 0 amide bonds. The predicted octanol–water partition coefficient (Wildman–Crippen LogP) is 2.68. The van der Waals surface area contributed by atoms with Gasteiger partial charge in [-0.1, -0.05) is 32.1 Å². The van der Waals surface area contributed by atoms with Gasteiger partial charge in [0.2, 0.25) is 0 Å². The van der Waals surface area contributed by atoms with Crippen LogP contribution in [0.3, 0.4) is 0 Å². The molecular weight excluding hydrogens is 164 g/mol. The van der Waals surface area contributed by atoms with Gasteiger partial charge in [0.25, 0.3) is 0 Å². The van der Waals surface area contributed by atoms with Crippen molar-refractivity contribution in [3.8, 4) is 0 Å². The molecule has 13 heavy (non-hydrogen) atoms. The van der Waals surface area contributed by atoms with Crippen molar-refractivity contribution >= 4 is 5.97 Å². The van der Waals surface area contributed by atoms with Crippen LogP contribution < -0.4 is 0 Å². The van der Waals surface area contributed by atoms with Gasteiger partial charge in [0.15, 0.2) is 0 Å². The van der Waals surface area contributed by atoms with E-state index in [2.05, 4.69) is 0 Å². The summed E-state index contributed by atoms with van der Waals surface area (Å²) in [6, 6.07) is 0. The fourth-order valence-electron chi connectivity index (χ4n) is 3.25. The highest BCUT2D eigenvalue weighted by atomic mass is 16.4. The van der Waals surface area contributed by atoms with Crippen LogP contribution in [0.2, 0.25) is 0 Å². The van der Waals surface area contributed by atoms with Gasteiger partial charge in [0.1, 0.15) is 0 Å². The smallest absolute Gasteiger partial charge is 0.306 e. The zero-order valence-electron chi connectivity index (χ0n) is 8.04. The van der Waals surface area contributed by atoms with Crippen LogP contribution in [0.5, 0.6) is 0 Å². The van der Waals surface area contributed by atoms with Crippen LogP contribution in [-0.2, 0) is 4.79 Å². The minimum atomic E-state index is -0.547. The van der Waals surface area contributed by atoms with Crippen molar-refractivity contribution in [3.63, 3.8) is 0 Å². The minimum absolute atomic E-state index is 0.0110. The third-order valence-electron chi connectivity index (χ3n) is 3.89. The van der Waals surface area contributed by atoms with Gasteiger partial charge in [-0.25, -0.2) is 0 Å². The average Bonchev–Trinajstić information content (AvgIpc) is 2.74. The van der Waals surface area contributed by atoms with Gasteiger partial charge in [-0.05, 0) is 24.7 Å². The molecule has 0 spiro atoms. The van der Waals surface area contributed by atoms with Crippen LogP contribution in [0, 0.1) is 17.8 Å². The van der Waals surface area contributed by atoms with Gasteiger partial charge < -0.3 is 5.11 Å². The zero-order valence-corrected chi connectivity index (χ0v) is 8.04. The Bertz CT molecular complexity index is 194. The molecule has 0 radical (unpaired) electrons. The molecule has 0 saturated heterocycles. The summed E-state index contributed by atoms with van der Waals surface area (Å²) in [7, 11) is 0. The van der Waals surface area contributed by atoms with Crippen molar-refractivity contribution in [1.82, 2.24) is 0 Å². The maximum absolute atomic E-state index is 11.0. The Morgan fingerprint density at radius 2 is 1.69 bits per heavy atom. The van der Waals surface area contributed by atoms with Gasteiger partial charge in [0.05, 0.1) is 5.92 Å². The summed E-state index contributed by atoms with van der Waals surface area (Å²) in [4.78, 5) is 11.0. The van der Waals surface area contributed by atoms with Crippen molar-refractivity contribution in [2.24, 2.45) is 17.8 Å². The molecule has 0 aromatic rings. The lowest BCUT2D eigenvalue weighted by Crippen LogP contribution is -2.23. The molecule has 2 nitrogen and oxygen atoms in total. The molecule has 0 aliphatic heterocycles. The summed E-state index contributed by atoms with van der Waals surface area (Å²) in [5, 5.41) is 9.04. The lowest BCUT2D eigenvalue weighted by molar-refractivity contribution is -0.143. The monoisotopic (exact) mass is 182 g/mol. The maximum Gasteiger partial charge on any atom is 0.306 e. The summed E-state index contributed by atoms with van der Waals surface area (Å²) in [6.45, 7) is 0. The van der Waals surface area contributed by atoms with E-state index in [1.807, 2.05) is 0 Å². The van der Waals surface area contributed by atoms with E-state index in [1.165, 1.54) is 32.1 Å². The van der Waals surface area contributed by atoms with Crippen molar-refractivity contribution in [2.45, 2.75) is 44.9 Å². The summed E-state index contributed by atoms with van der Waals surface area (Å²) in [6.07, 6.45) is 8.46. The van der Waals surface area contributed by atoms with Crippen LogP contribution in [0.1, 0.15) is 44.9 Å². The molecule has 2 rings (SSSR count). The van der Waals surface area contributed by atoms with E-state index in [0.717, 1.165) is 18.8 Å². The van der Waals surface area contributed by atoms with E-state index < -0.39 is 5.97 Å². The van der Waals surface area contributed by atoms with E-state index in [1.54, 1.807) is 0 Å². The molecule has 2 heteroatoms. The molecule has 2 aliphatic rings. The Balaban J connectivity index is 2.00. The molecule has 2 fully saturated rings. The van der Waals surface area contributed by atoms with Crippen molar-refractivity contribution in [2.75, 3.05) is 0 Å². The Labute approximate surface area is 79.3 Å². The fraction of sp³-hybridized carbons (Fsp3) is 0.909. The number of hydrogen-bond acceptors (Lipinski definition) is 1. The van der Waals surface area contributed by atoms with Crippen LogP contribution in [-0.4, -0.2) is 11.1 Å². The maximum atomic E-state index is 11.0. The molecule has 2 aliphatic carbocycles. The summed E-state index contributed by atoms with van der Waals surface area (Å²) in [5.74, 6) is 0.695. The number of carboxylic acids is 1. The minimum Gasteiger partial charge on any atom is -0.481 e. The largest absolute Gasteiger partial charge is 0.481 e. The third-order valence-corrected chi connectivity index (χ3v) is 3.89. The topological polar surface area (TPSA) is 37.3 Å². The first kappa shape index (κ1) is 9.04. The Morgan fingerprint density at radius 3 is 2.31 bits per heavy atom. The van der Waals surface area contributed by atoms with Crippen molar-refractivity contribution in [3.05, 3.63) is 0 Å². The highest BCUT2D eigenvalue weighted by Crippen LogP contribution is 2.43. The third kappa shape index (κ3) is 1.72. The first-order valence-electron chi connectivity index (χ1n) is 5.52. The SMILES string of the molecule is O=C(O)C1CCCC1C1CCCC1. The van der Waals surface area contributed by atoms with Gasteiger partial charge in [0, 0.05) is 0 Å². The molecule has 0 aromatic heterocycles. The number of aliphatic carboxylic acids is 1. The van der Waals surface area contributed by atoms with E-state index in [9.17, 15) is 4.79 Å². The summed E-state index contributed by atoms with van der Waals surface area (Å²) < 4.78 is 0. The summed E-state index contributed by atoms with van der Waals surface area (Å²) in [5.41, 5.74) is 0. The highest BCUT2D eigenvalue weighted by Gasteiger charge is 2.38. The van der Waals surface area contributed by atoms with Gasteiger partial charge in [-0.3, -0.25) is 4.79 Å². The number of carboxylic acid groups (broad SMARTS) is 1. The molecule has 1 N–H and O–H groups in total. The Hall–Kier alpha value is -0.530. The molecule has 2 unspecified atom stereocenters. The molecule has 0 bridgehead atoms. The molecule has 74 valence electrons. The summed E-state index contributed by atoms with van der Waals surface area (Å²) >= 11 is 0. The first-order chi connectivity index (χ1) is 6.29. The number of carbonyl (C=O) groups is 1. The van der Waals surface area contributed by atoms with E-state index >= 15 is 0 Å². The average molecular weight is 182 g/mol. The second kappa shape index (κ2) is 3.69. The van der Waals surface area contributed by atoms with Crippen LogP contribution in [0.15, 0.2) is 0 Å². The van der Waals surface area contributed by atoms with Gasteiger partial charge >= 0.3 is 5.97 Å². The van der Waals surface area contributed by atoms with Crippen molar-refractivity contribution in [1.29, 1.82) is 0 Å². The highest BCUT2D eigenvalue weighted by molar-refractivity contribution is 5.70. The zero-order chi connectivity index (χ0) is 9.26. The van der Waals surface area contributed by atoms with Crippen LogP contribution >= 0.6 is 0 Å². The molecule has 0 heterocycles. The van der Waals surface area contributed by atoms with Crippen LogP contribution in [0.4, 0.5) is 0 Å². The Morgan fingerprint density at radius 1 is 1.00 bits per heavy atom. The number of hydrogen-bond donors (Lipinski definition) is 1. The van der Waals surface area contributed by atoms with Gasteiger partial charge in [-0.15, -0.1) is 0 Å². The fourth-order valence-corrected chi connectivity index (χ4v) is 3.25. The second-order valence-electron chi connectivity index (χ2n) is 4.58. The predicted molar refractivity (Wildman–Crippen MR) is 50.4 cm³/mol. The second-order valence-corrected chi connectivity index (χ2v) is 4.58. The molecule has 2 saturated carbocycles. The standard InChI is InChI=1S/C11H18O2/c12-11(13)10-7-3-6-9(10)8-4-1-2-5-8/h8-10H,1-7H2,(H,12,13). The van der Waals surface area contributed by atoms with Crippen molar-refractivity contribution < 1.29 is 9.90 Å². The first-order valence-corrected chi connectivity index (χ1v) is 5.52. The van der Waals surface area contributed by atoms with E-state index in [0.29, 0.717) is 5.92 Å². The molecule has 0 aromatic carbocycles. The van der Waals surface area contributed by atoms with E-state index in [4.69, 9.17) is 5.11 Å². The molecule has 2 atom stereocenters. The Kier molecular flexibility index (Phi) is 2.56. The van der Waals surface area contributed by atoms with Crippen LogP contribution in [0.25, 0.3) is 0 Å². The number of rotatable bonds is 2. The van der Waals surface area contributed by atoms with E-state index in [-0.39, 0.29) is 5.92 Å². The lowest BCUT2D eigenvalue weighted by atomic mass is 9.83.